The van der Waals surface area contributed by atoms with Crippen LogP contribution in [0.3, 0.4) is 0 Å². The maximum atomic E-state index is 6.72. The summed E-state index contributed by atoms with van der Waals surface area (Å²) in [6, 6.07) is 32.8. The van der Waals surface area contributed by atoms with Gasteiger partial charge in [0.15, 0.2) is 0 Å². The molecule has 0 radical (unpaired) electrons. The van der Waals surface area contributed by atoms with Gasteiger partial charge in [0.1, 0.15) is 34.5 Å². The van der Waals surface area contributed by atoms with E-state index in [1.807, 2.05) is 42.7 Å². The van der Waals surface area contributed by atoms with Gasteiger partial charge in [-0.15, -0.1) is 0 Å². The van der Waals surface area contributed by atoms with Crippen LogP contribution in [-0.2, 0) is 39.9 Å². The highest BCUT2D eigenvalue weighted by Crippen LogP contribution is 2.52. The van der Waals surface area contributed by atoms with Gasteiger partial charge in [0.2, 0.25) is 0 Å². The first-order chi connectivity index (χ1) is 35.9. The zero-order chi connectivity index (χ0) is 57.5. The number of methoxy groups -OCH3 is 6. The molecule has 0 aliphatic carbocycles. The van der Waals surface area contributed by atoms with E-state index in [1.165, 1.54) is 76.3 Å². The van der Waals surface area contributed by atoms with Gasteiger partial charge < -0.3 is 28.4 Å². The summed E-state index contributed by atoms with van der Waals surface area (Å²) in [5, 5.41) is 7.31. The Kier molecular flexibility index (Phi) is 18.6. The van der Waals surface area contributed by atoms with Gasteiger partial charge in [0.25, 0.3) is 0 Å². The minimum atomic E-state index is -1.37. The van der Waals surface area contributed by atoms with Crippen molar-refractivity contribution in [3.63, 3.8) is 0 Å². The Morgan fingerprint density at radius 1 is 0.364 bits per heavy atom. The number of rotatable bonds is 16. The Morgan fingerprint density at radius 2 is 0.649 bits per heavy atom. The summed E-state index contributed by atoms with van der Waals surface area (Å²) in [7, 11) is 8.19. The van der Waals surface area contributed by atoms with Gasteiger partial charge in [-0.3, -0.25) is 0 Å². The van der Waals surface area contributed by atoms with Gasteiger partial charge in [-0.05, 0) is 171 Å². The van der Waals surface area contributed by atoms with E-state index in [9.17, 15) is 0 Å². The molecule has 6 rings (SSSR count). The Bertz CT molecular complexity index is 3000. The van der Waals surface area contributed by atoms with Gasteiger partial charge >= 0.3 is 0 Å². The molecule has 8 heteroatoms. The van der Waals surface area contributed by atoms with Crippen molar-refractivity contribution in [2.75, 3.05) is 42.7 Å². The second-order valence-corrected chi connectivity index (χ2v) is 30.4. The molecule has 2 atom stereocenters. The van der Waals surface area contributed by atoms with Crippen LogP contribution < -0.4 is 60.2 Å². The van der Waals surface area contributed by atoms with E-state index in [1.54, 1.807) is 0 Å². The van der Waals surface area contributed by atoms with E-state index in [0.717, 1.165) is 58.5 Å². The molecule has 6 aromatic rings. The molecule has 77 heavy (non-hydrogen) atoms. The average Bonchev–Trinajstić information content (AvgIpc) is 3.36. The second-order valence-electron chi connectivity index (χ2n) is 26.1. The molecular formula is C69H94O6P2. The molecule has 0 spiro atoms. The van der Waals surface area contributed by atoms with E-state index in [-0.39, 0.29) is 33.0 Å². The molecule has 0 aromatic heterocycles. The molecule has 0 N–H and O–H groups in total. The first-order valence-electron chi connectivity index (χ1n) is 27.7. The van der Waals surface area contributed by atoms with Gasteiger partial charge in [-0.25, -0.2) is 0 Å². The van der Waals surface area contributed by atoms with Gasteiger partial charge in [0, 0.05) is 38.9 Å². The summed E-state index contributed by atoms with van der Waals surface area (Å²) >= 11 is 0. The summed E-state index contributed by atoms with van der Waals surface area (Å²) < 4.78 is 39.0. The van der Waals surface area contributed by atoms with Crippen molar-refractivity contribution in [2.45, 2.75) is 177 Å². The molecule has 0 bridgehead atoms. The van der Waals surface area contributed by atoms with E-state index in [2.05, 4.69) is 216 Å². The smallest absolute Gasteiger partial charge is 0.127 e. The van der Waals surface area contributed by atoms with Crippen molar-refractivity contribution in [3.05, 3.63) is 129 Å². The fourth-order valence-electron chi connectivity index (χ4n) is 10.9. The van der Waals surface area contributed by atoms with Crippen LogP contribution in [-0.4, -0.2) is 42.7 Å². The first kappa shape index (κ1) is 61.2. The third-order valence-corrected chi connectivity index (χ3v) is 19.7. The molecule has 6 nitrogen and oxygen atoms in total. The van der Waals surface area contributed by atoms with Crippen LogP contribution in [0.4, 0.5) is 0 Å². The number of hydrogen-bond acceptors (Lipinski definition) is 6. The third-order valence-electron chi connectivity index (χ3n) is 14.9. The zero-order valence-corrected chi connectivity index (χ0v) is 53.7. The third kappa shape index (κ3) is 12.4. The van der Waals surface area contributed by atoms with Gasteiger partial charge in [0.05, 0.1) is 42.7 Å². The highest BCUT2D eigenvalue weighted by atomic mass is 31.1. The maximum absolute atomic E-state index is 6.72. The van der Waals surface area contributed by atoms with Crippen LogP contribution in [0.2, 0.25) is 0 Å². The molecule has 2 unspecified atom stereocenters. The predicted molar refractivity (Wildman–Crippen MR) is 335 cm³/mol. The maximum Gasteiger partial charge on any atom is 0.127 e. The second kappa shape index (κ2) is 23.4. The standard InChI is InChI=1S/C69H94O6P2/c1-26-43-34-45(36-49(42(3)4)61(43)72-22)76(47-38-51(66(8,9)10)63(74-24)52(39-47)67(11,12)13)57-32-28-30-55(70-20)59(57)60-56(71-21)31-29-33-58(60)77(46-35-44(27-2)62(73-23)50(37-46)65(5,6)7)48-40-53(68(14,15)16)64(75-25)54(41-48)69(17,18)19/h28-42H,26-27H2,1-25H3. The van der Waals surface area contributed by atoms with Crippen LogP contribution in [0, 0.1) is 0 Å². The Hall–Kier alpha value is -5.02. The van der Waals surface area contributed by atoms with Crippen molar-refractivity contribution in [1.29, 1.82) is 0 Å². The number of aryl methyl sites for hydroxylation is 2. The fourth-order valence-corrected chi connectivity index (χ4v) is 16.1. The van der Waals surface area contributed by atoms with Crippen LogP contribution in [0.5, 0.6) is 34.5 Å². The predicted octanol–water partition coefficient (Wildman–Crippen LogP) is 15.7. The summed E-state index contributed by atoms with van der Waals surface area (Å²) in [6.07, 6.45) is 1.63. The number of hydrogen-bond donors (Lipinski definition) is 0. The molecule has 6 aromatic carbocycles. The Morgan fingerprint density at radius 3 is 0.922 bits per heavy atom. The fraction of sp³-hybridized carbons (Fsp3) is 0.478. The SMILES string of the molecule is CCc1cc(P(c2cc(C(C)(C)C)c(OC)c(C(C)(C)C)c2)c2cccc(OC)c2-c2c(OC)cccc2P(c2cc(CC)c(OC)c(C(C)(C)C)c2)c2cc(C(C)(C)C)c(OC)c(C(C)(C)C)c2)cc(C(C)C)c1OC. The van der Waals surface area contributed by atoms with Crippen LogP contribution in [0.15, 0.2) is 84.9 Å². The van der Waals surface area contributed by atoms with Crippen LogP contribution >= 0.6 is 15.8 Å². The van der Waals surface area contributed by atoms with Crippen LogP contribution in [0.1, 0.15) is 182 Å². The molecule has 0 fully saturated rings. The average molecular weight is 1080 g/mol. The summed E-state index contributed by atoms with van der Waals surface area (Å²) in [5.74, 6) is 5.59. The summed E-state index contributed by atoms with van der Waals surface area (Å²) in [4.78, 5) is 0. The summed E-state index contributed by atoms with van der Waals surface area (Å²) in [5.41, 5.74) is 10.3. The first-order valence-corrected chi connectivity index (χ1v) is 30.4. The van der Waals surface area contributed by atoms with E-state index in [0.29, 0.717) is 0 Å². The normalized spacial score (nSPS) is 13.4. The lowest BCUT2D eigenvalue weighted by atomic mass is 9.79. The largest absolute Gasteiger partial charge is 0.496 e. The van der Waals surface area contributed by atoms with Crippen LogP contribution in [0.25, 0.3) is 11.1 Å². The molecule has 0 saturated heterocycles. The lowest BCUT2D eigenvalue weighted by molar-refractivity contribution is 0.381. The van der Waals surface area contributed by atoms with E-state index >= 15 is 0 Å². The molecule has 416 valence electrons. The van der Waals surface area contributed by atoms with Crippen molar-refractivity contribution in [3.8, 4) is 45.6 Å². The molecular weight excluding hydrogens is 987 g/mol. The van der Waals surface area contributed by atoms with Crippen molar-refractivity contribution < 1.29 is 28.4 Å². The number of benzene rings is 6. The zero-order valence-electron chi connectivity index (χ0n) is 51.9. The highest BCUT2D eigenvalue weighted by molar-refractivity contribution is 7.80. The summed E-state index contributed by atoms with van der Waals surface area (Å²) in [6.45, 7) is 43.5. The van der Waals surface area contributed by atoms with Gasteiger partial charge in [-0.1, -0.05) is 156 Å². The lowest BCUT2D eigenvalue weighted by Crippen LogP contribution is -2.30. The Balaban J connectivity index is 1.95. The minimum Gasteiger partial charge on any atom is -0.496 e. The topological polar surface area (TPSA) is 55.4 Å². The molecule has 0 aliphatic rings. The molecule has 0 amide bonds. The quantitative estimate of drug-likeness (QED) is 0.0901. The monoisotopic (exact) mass is 1080 g/mol. The lowest BCUT2D eigenvalue weighted by Gasteiger charge is -2.34. The number of ether oxygens (including phenoxy) is 6. The highest BCUT2D eigenvalue weighted by Gasteiger charge is 2.37. The molecule has 0 aliphatic heterocycles. The molecule has 0 heterocycles. The van der Waals surface area contributed by atoms with Crippen molar-refractivity contribution in [2.24, 2.45) is 0 Å². The van der Waals surface area contributed by atoms with Crippen molar-refractivity contribution >= 4 is 47.7 Å². The van der Waals surface area contributed by atoms with Crippen molar-refractivity contribution in [1.82, 2.24) is 0 Å². The van der Waals surface area contributed by atoms with E-state index < -0.39 is 15.8 Å². The van der Waals surface area contributed by atoms with Gasteiger partial charge in [-0.2, -0.15) is 0 Å². The Labute approximate surface area is 468 Å². The minimum absolute atomic E-state index is 0.211. The molecule has 0 saturated carbocycles. The van der Waals surface area contributed by atoms with E-state index in [4.69, 9.17) is 28.4 Å².